The van der Waals surface area contributed by atoms with Crippen LogP contribution in [0.4, 0.5) is 0 Å². The van der Waals surface area contributed by atoms with Gasteiger partial charge in [0.15, 0.2) is 0 Å². The number of hydrogen-bond donors (Lipinski definition) is 2. The Bertz CT molecular complexity index is 314. The zero-order valence-electron chi connectivity index (χ0n) is 9.28. The molecular weight excluding hydrogens is 194 g/mol. The second kappa shape index (κ2) is 5.00. The third-order valence-electron chi connectivity index (χ3n) is 2.38. The van der Waals surface area contributed by atoms with Crippen LogP contribution in [0.3, 0.4) is 0 Å². The summed E-state index contributed by atoms with van der Waals surface area (Å²) in [5.74, 6) is 1.38. The molecule has 0 saturated carbocycles. The Kier molecular flexibility index (Phi) is 3.94. The predicted molar refractivity (Wildman–Crippen MR) is 58.3 cm³/mol. The molecule has 0 unspecified atom stereocenters. The molecule has 0 aliphatic heterocycles. The number of aliphatic hydroxyl groups excluding tert-OH is 1. The number of aliphatic hydroxyl groups is 1. The van der Waals surface area contributed by atoms with E-state index in [4.69, 9.17) is 15.2 Å². The van der Waals surface area contributed by atoms with E-state index < -0.39 is 6.10 Å². The van der Waals surface area contributed by atoms with Crippen molar-refractivity contribution < 1.29 is 14.6 Å². The summed E-state index contributed by atoms with van der Waals surface area (Å²) < 4.78 is 10.4. The molecule has 3 N–H and O–H groups in total. The lowest BCUT2D eigenvalue weighted by atomic mass is 10.1. The van der Waals surface area contributed by atoms with Crippen molar-refractivity contribution in [1.29, 1.82) is 0 Å². The van der Waals surface area contributed by atoms with Gasteiger partial charge in [-0.15, -0.1) is 0 Å². The van der Waals surface area contributed by atoms with Crippen LogP contribution in [-0.2, 0) is 0 Å². The summed E-state index contributed by atoms with van der Waals surface area (Å²) in [5.41, 5.74) is 7.01. The van der Waals surface area contributed by atoms with E-state index in [-0.39, 0.29) is 6.54 Å². The first kappa shape index (κ1) is 11.8. The smallest absolute Gasteiger partial charge is 0.125 e. The molecule has 1 rings (SSSR count). The normalized spacial score (nSPS) is 12.3. The average Bonchev–Trinajstić information content (AvgIpc) is 2.28. The molecule has 0 aliphatic rings. The lowest BCUT2D eigenvalue weighted by Crippen LogP contribution is -2.12. The molecule has 1 aromatic carbocycles. The minimum absolute atomic E-state index is 0.176. The van der Waals surface area contributed by atoms with E-state index in [0.29, 0.717) is 17.1 Å². The predicted octanol–water partition coefficient (Wildman–Crippen LogP) is 1.00. The molecule has 4 nitrogen and oxygen atoms in total. The number of hydrogen-bond acceptors (Lipinski definition) is 4. The molecule has 0 heterocycles. The Morgan fingerprint density at radius 2 is 1.73 bits per heavy atom. The van der Waals surface area contributed by atoms with Gasteiger partial charge in [0, 0.05) is 12.1 Å². The van der Waals surface area contributed by atoms with Crippen molar-refractivity contribution in [3.05, 3.63) is 23.3 Å². The van der Waals surface area contributed by atoms with Crippen LogP contribution >= 0.6 is 0 Å². The van der Waals surface area contributed by atoms with Crippen LogP contribution in [0.5, 0.6) is 11.5 Å². The molecule has 0 bridgehead atoms. The maximum atomic E-state index is 9.62. The van der Waals surface area contributed by atoms with Gasteiger partial charge in [0.2, 0.25) is 0 Å². The van der Waals surface area contributed by atoms with Crippen LogP contribution in [0.15, 0.2) is 12.1 Å². The van der Waals surface area contributed by atoms with Gasteiger partial charge in [-0.3, -0.25) is 0 Å². The highest BCUT2D eigenvalue weighted by atomic mass is 16.5. The first-order valence-electron chi connectivity index (χ1n) is 4.74. The van der Waals surface area contributed by atoms with Crippen molar-refractivity contribution in [2.24, 2.45) is 5.73 Å². The fourth-order valence-corrected chi connectivity index (χ4v) is 1.43. The standard InChI is InChI=1S/C11H17NO3/c1-7-10(14-2)4-8(9(13)6-12)5-11(7)15-3/h4-5,9,13H,6,12H2,1-3H3/t9-/m0/s1. The molecule has 1 atom stereocenters. The second-order valence-corrected chi connectivity index (χ2v) is 3.30. The summed E-state index contributed by atoms with van der Waals surface area (Å²) in [6, 6.07) is 3.55. The molecule has 0 fully saturated rings. The van der Waals surface area contributed by atoms with Crippen molar-refractivity contribution in [3.8, 4) is 11.5 Å². The Hall–Kier alpha value is -1.26. The van der Waals surface area contributed by atoms with E-state index in [2.05, 4.69) is 0 Å². The van der Waals surface area contributed by atoms with Crippen molar-refractivity contribution >= 4 is 0 Å². The Balaban J connectivity index is 3.20. The number of nitrogens with two attached hydrogens (primary N) is 1. The fraction of sp³-hybridized carbons (Fsp3) is 0.455. The van der Waals surface area contributed by atoms with E-state index in [9.17, 15) is 5.11 Å². The first-order valence-corrected chi connectivity index (χ1v) is 4.74. The van der Waals surface area contributed by atoms with Crippen LogP contribution in [0.1, 0.15) is 17.2 Å². The number of rotatable bonds is 4. The number of benzene rings is 1. The first-order chi connectivity index (χ1) is 7.13. The molecule has 0 saturated heterocycles. The highest BCUT2D eigenvalue weighted by Gasteiger charge is 2.12. The SMILES string of the molecule is COc1cc([C@@H](O)CN)cc(OC)c1C. The van der Waals surface area contributed by atoms with Gasteiger partial charge < -0.3 is 20.3 Å². The van der Waals surface area contributed by atoms with Gasteiger partial charge in [0.25, 0.3) is 0 Å². The van der Waals surface area contributed by atoms with Crippen LogP contribution < -0.4 is 15.2 Å². The molecule has 1 aromatic rings. The van der Waals surface area contributed by atoms with Gasteiger partial charge in [-0.05, 0) is 24.6 Å². The van der Waals surface area contributed by atoms with Gasteiger partial charge >= 0.3 is 0 Å². The molecule has 84 valence electrons. The molecular formula is C11H17NO3. The summed E-state index contributed by atoms with van der Waals surface area (Å²) in [5, 5.41) is 9.62. The minimum atomic E-state index is -0.687. The summed E-state index contributed by atoms with van der Waals surface area (Å²) in [6.45, 7) is 2.08. The van der Waals surface area contributed by atoms with Gasteiger partial charge in [0.1, 0.15) is 11.5 Å². The summed E-state index contributed by atoms with van der Waals surface area (Å²) in [7, 11) is 3.17. The van der Waals surface area contributed by atoms with E-state index in [1.165, 1.54) is 0 Å². The zero-order valence-corrected chi connectivity index (χ0v) is 9.28. The quantitative estimate of drug-likeness (QED) is 0.780. The number of ether oxygens (including phenoxy) is 2. The van der Waals surface area contributed by atoms with Crippen LogP contribution in [0.2, 0.25) is 0 Å². The second-order valence-electron chi connectivity index (χ2n) is 3.30. The van der Waals surface area contributed by atoms with Crippen molar-refractivity contribution in [2.45, 2.75) is 13.0 Å². The Labute approximate surface area is 89.6 Å². The summed E-state index contributed by atoms with van der Waals surface area (Å²) >= 11 is 0. The third kappa shape index (κ3) is 2.40. The Morgan fingerprint density at radius 1 is 1.27 bits per heavy atom. The zero-order chi connectivity index (χ0) is 11.4. The lowest BCUT2D eigenvalue weighted by molar-refractivity contribution is 0.186. The largest absolute Gasteiger partial charge is 0.496 e. The molecule has 0 aliphatic carbocycles. The van der Waals surface area contributed by atoms with Crippen molar-refractivity contribution in [2.75, 3.05) is 20.8 Å². The average molecular weight is 211 g/mol. The minimum Gasteiger partial charge on any atom is -0.496 e. The fourth-order valence-electron chi connectivity index (χ4n) is 1.43. The van der Waals surface area contributed by atoms with Crippen molar-refractivity contribution in [3.63, 3.8) is 0 Å². The van der Waals surface area contributed by atoms with Gasteiger partial charge in [-0.2, -0.15) is 0 Å². The maximum absolute atomic E-state index is 9.62. The topological polar surface area (TPSA) is 64.7 Å². The summed E-state index contributed by atoms with van der Waals surface area (Å²) in [4.78, 5) is 0. The number of methoxy groups -OCH3 is 2. The molecule has 4 heteroatoms. The van der Waals surface area contributed by atoms with Gasteiger partial charge in [-0.25, -0.2) is 0 Å². The molecule has 0 amide bonds. The Morgan fingerprint density at radius 3 is 2.07 bits per heavy atom. The van der Waals surface area contributed by atoms with Gasteiger partial charge in [-0.1, -0.05) is 0 Å². The van der Waals surface area contributed by atoms with E-state index in [1.807, 2.05) is 6.92 Å². The van der Waals surface area contributed by atoms with E-state index in [0.717, 1.165) is 5.56 Å². The van der Waals surface area contributed by atoms with Crippen LogP contribution in [-0.4, -0.2) is 25.9 Å². The highest BCUT2D eigenvalue weighted by molar-refractivity contribution is 5.47. The third-order valence-corrected chi connectivity index (χ3v) is 2.38. The van der Waals surface area contributed by atoms with Crippen LogP contribution in [0, 0.1) is 6.92 Å². The van der Waals surface area contributed by atoms with Crippen LogP contribution in [0.25, 0.3) is 0 Å². The van der Waals surface area contributed by atoms with E-state index >= 15 is 0 Å². The van der Waals surface area contributed by atoms with E-state index in [1.54, 1.807) is 26.4 Å². The van der Waals surface area contributed by atoms with Crippen molar-refractivity contribution in [1.82, 2.24) is 0 Å². The lowest BCUT2D eigenvalue weighted by Gasteiger charge is -2.15. The highest BCUT2D eigenvalue weighted by Crippen LogP contribution is 2.31. The molecule has 0 spiro atoms. The molecule has 0 radical (unpaired) electrons. The maximum Gasteiger partial charge on any atom is 0.125 e. The monoisotopic (exact) mass is 211 g/mol. The summed E-state index contributed by atoms with van der Waals surface area (Å²) in [6.07, 6.45) is -0.687. The molecule has 15 heavy (non-hydrogen) atoms. The van der Waals surface area contributed by atoms with Gasteiger partial charge in [0.05, 0.1) is 20.3 Å². The molecule has 0 aromatic heterocycles.